The average Bonchev–Trinajstić information content (AvgIpc) is 2.39. The Morgan fingerprint density at radius 2 is 2.30 bits per heavy atom. The van der Waals surface area contributed by atoms with E-state index in [0.717, 1.165) is 5.56 Å². The van der Waals surface area contributed by atoms with E-state index in [4.69, 9.17) is 5.11 Å². The summed E-state index contributed by atoms with van der Waals surface area (Å²) in [5.74, 6) is -0.642. The first-order chi connectivity index (χ1) is 9.40. The fraction of sp³-hybridized carbons (Fsp3) is 0.467. The molecule has 1 aromatic carbocycles. The molecule has 0 radical (unpaired) electrons. The summed E-state index contributed by atoms with van der Waals surface area (Å²) in [6.07, 6.45) is -0.676. The van der Waals surface area contributed by atoms with E-state index in [1.807, 2.05) is 0 Å². The van der Waals surface area contributed by atoms with Crippen LogP contribution in [-0.2, 0) is 5.41 Å². The van der Waals surface area contributed by atoms with Gasteiger partial charge in [0.15, 0.2) is 0 Å². The topological polar surface area (TPSA) is 64.3 Å². The lowest BCUT2D eigenvalue weighted by molar-refractivity contribution is 0.102. The van der Waals surface area contributed by atoms with E-state index >= 15 is 0 Å². The van der Waals surface area contributed by atoms with Gasteiger partial charge in [-0.2, -0.15) is 5.26 Å². The molecule has 106 valence electrons. The molecular weight excluding hydrogens is 259 g/mol. The van der Waals surface area contributed by atoms with Gasteiger partial charge < -0.3 is 10.0 Å². The van der Waals surface area contributed by atoms with Gasteiger partial charge in [0.2, 0.25) is 0 Å². The Balaban J connectivity index is 2.41. The molecule has 1 aromatic rings. The van der Waals surface area contributed by atoms with Crippen molar-refractivity contribution in [3.63, 3.8) is 0 Å². The maximum Gasteiger partial charge on any atom is 0.407 e. The Labute approximate surface area is 117 Å². The predicted octanol–water partition coefficient (Wildman–Crippen LogP) is 2.92. The third kappa shape index (κ3) is 2.22. The second-order valence-corrected chi connectivity index (χ2v) is 5.45. The maximum absolute atomic E-state index is 14.2. The summed E-state index contributed by atoms with van der Waals surface area (Å²) in [5, 5.41) is 18.6. The number of rotatable bonds is 1. The van der Waals surface area contributed by atoms with E-state index < -0.39 is 11.5 Å². The highest BCUT2D eigenvalue weighted by Crippen LogP contribution is 2.40. The number of halogens is 1. The maximum atomic E-state index is 14.2. The minimum Gasteiger partial charge on any atom is -0.465 e. The lowest BCUT2D eigenvalue weighted by Gasteiger charge is -2.41. The summed E-state index contributed by atoms with van der Waals surface area (Å²) >= 11 is 0. The fourth-order valence-corrected chi connectivity index (χ4v) is 2.92. The first kappa shape index (κ1) is 14.3. The van der Waals surface area contributed by atoms with E-state index in [-0.39, 0.29) is 24.8 Å². The Morgan fingerprint density at radius 3 is 2.80 bits per heavy atom. The zero-order valence-corrected chi connectivity index (χ0v) is 11.6. The van der Waals surface area contributed by atoms with Gasteiger partial charge in [-0.25, -0.2) is 9.18 Å². The smallest absolute Gasteiger partial charge is 0.407 e. The Hall–Kier alpha value is -2.09. The molecule has 1 fully saturated rings. The predicted molar refractivity (Wildman–Crippen MR) is 71.8 cm³/mol. The molecule has 20 heavy (non-hydrogen) atoms. The fourth-order valence-electron chi connectivity index (χ4n) is 2.92. The molecule has 1 heterocycles. The molecule has 5 heteroatoms. The number of aryl methyl sites for hydroxylation is 1. The van der Waals surface area contributed by atoms with Crippen LogP contribution in [0.15, 0.2) is 18.2 Å². The van der Waals surface area contributed by atoms with Crippen molar-refractivity contribution in [2.45, 2.75) is 25.7 Å². The molecular formula is C15H17FN2O2. The van der Waals surface area contributed by atoms with Gasteiger partial charge in [-0.1, -0.05) is 19.1 Å². The largest absolute Gasteiger partial charge is 0.465 e. The van der Waals surface area contributed by atoms with Crippen molar-refractivity contribution < 1.29 is 14.3 Å². The molecule has 0 spiro atoms. The minimum atomic E-state index is -0.993. The van der Waals surface area contributed by atoms with Gasteiger partial charge in [0.1, 0.15) is 5.82 Å². The van der Waals surface area contributed by atoms with Crippen LogP contribution in [-0.4, -0.2) is 29.2 Å². The number of hydrogen-bond acceptors (Lipinski definition) is 2. The van der Waals surface area contributed by atoms with Crippen LogP contribution >= 0.6 is 0 Å². The molecule has 0 unspecified atom stereocenters. The number of likely N-dealkylation sites (tertiary alicyclic amines) is 1. The normalized spacial score (nSPS) is 26.1. The lowest BCUT2D eigenvalue weighted by atomic mass is 9.67. The van der Waals surface area contributed by atoms with Crippen LogP contribution in [0.25, 0.3) is 0 Å². The number of nitrogens with zero attached hydrogens (tertiary/aromatic N) is 2. The molecule has 1 N–H and O–H groups in total. The number of piperidine rings is 1. The van der Waals surface area contributed by atoms with Crippen molar-refractivity contribution in [3.05, 3.63) is 35.1 Å². The quantitative estimate of drug-likeness (QED) is 0.857. The summed E-state index contributed by atoms with van der Waals surface area (Å²) in [5.41, 5.74) is 0.224. The van der Waals surface area contributed by atoms with Crippen LogP contribution in [0.4, 0.5) is 9.18 Å². The Morgan fingerprint density at radius 1 is 1.60 bits per heavy atom. The summed E-state index contributed by atoms with van der Waals surface area (Å²) in [7, 11) is 0. The first-order valence-electron chi connectivity index (χ1n) is 6.56. The van der Waals surface area contributed by atoms with Gasteiger partial charge in [0, 0.05) is 18.7 Å². The highest BCUT2D eigenvalue weighted by molar-refractivity contribution is 5.65. The van der Waals surface area contributed by atoms with Crippen molar-refractivity contribution >= 4 is 6.09 Å². The number of hydrogen-bond donors (Lipinski definition) is 1. The number of carbonyl (C=O) groups is 1. The Bertz CT molecular complexity index is 582. The number of benzene rings is 1. The summed E-state index contributed by atoms with van der Waals surface area (Å²) < 4.78 is 14.2. The SMILES string of the molecule is Cc1ccc([C@]2(C#N)CCN(C(=O)O)C[C@@H]2C)c(F)c1. The van der Waals surface area contributed by atoms with Crippen molar-refractivity contribution in [2.75, 3.05) is 13.1 Å². The first-order valence-corrected chi connectivity index (χ1v) is 6.56. The zero-order chi connectivity index (χ0) is 14.9. The lowest BCUT2D eigenvalue weighted by Crippen LogP contribution is -2.50. The molecule has 0 bridgehead atoms. The monoisotopic (exact) mass is 276 g/mol. The van der Waals surface area contributed by atoms with E-state index in [2.05, 4.69) is 6.07 Å². The van der Waals surface area contributed by atoms with Crippen LogP contribution in [0.1, 0.15) is 24.5 Å². The van der Waals surface area contributed by atoms with Gasteiger partial charge in [0.05, 0.1) is 11.5 Å². The van der Waals surface area contributed by atoms with Gasteiger partial charge in [-0.05, 0) is 30.9 Å². The second-order valence-electron chi connectivity index (χ2n) is 5.45. The van der Waals surface area contributed by atoms with Crippen LogP contribution in [0.3, 0.4) is 0 Å². The third-order valence-electron chi connectivity index (χ3n) is 4.19. The molecule has 4 nitrogen and oxygen atoms in total. The standard InChI is InChI=1S/C15H17FN2O2/c1-10-3-4-12(13(16)7-10)15(9-17)5-6-18(14(19)20)8-11(15)2/h3-4,7,11H,5-6,8H2,1-2H3,(H,19,20)/t11-,15-/m0/s1. The minimum absolute atomic E-state index is 0.246. The van der Waals surface area contributed by atoms with E-state index in [0.29, 0.717) is 12.0 Å². The van der Waals surface area contributed by atoms with E-state index in [9.17, 15) is 14.4 Å². The van der Waals surface area contributed by atoms with Gasteiger partial charge in [-0.3, -0.25) is 0 Å². The molecule has 1 saturated heterocycles. The van der Waals surface area contributed by atoms with Crippen LogP contribution in [0, 0.1) is 30.0 Å². The summed E-state index contributed by atoms with van der Waals surface area (Å²) in [4.78, 5) is 12.3. The van der Waals surface area contributed by atoms with Crippen molar-refractivity contribution in [2.24, 2.45) is 5.92 Å². The summed E-state index contributed by atoms with van der Waals surface area (Å²) in [6, 6.07) is 7.10. The van der Waals surface area contributed by atoms with Crippen LogP contribution in [0.5, 0.6) is 0 Å². The number of nitriles is 1. The van der Waals surface area contributed by atoms with Gasteiger partial charge in [0.25, 0.3) is 0 Å². The molecule has 0 aliphatic carbocycles. The van der Waals surface area contributed by atoms with Crippen molar-refractivity contribution in [1.82, 2.24) is 4.90 Å². The van der Waals surface area contributed by atoms with Crippen LogP contribution < -0.4 is 0 Å². The molecule has 1 aliphatic heterocycles. The zero-order valence-electron chi connectivity index (χ0n) is 11.6. The molecule has 1 aliphatic rings. The third-order valence-corrected chi connectivity index (χ3v) is 4.19. The van der Waals surface area contributed by atoms with Crippen LogP contribution in [0.2, 0.25) is 0 Å². The Kier molecular flexibility index (Phi) is 3.67. The molecule has 0 aromatic heterocycles. The second kappa shape index (κ2) is 5.12. The number of carboxylic acid groups (broad SMARTS) is 1. The van der Waals surface area contributed by atoms with Gasteiger partial charge >= 0.3 is 6.09 Å². The molecule has 2 rings (SSSR count). The van der Waals surface area contributed by atoms with Crippen molar-refractivity contribution in [1.29, 1.82) is 5.26 Å². The van der Waals surface area contributed by atoms with E-state index in [1.54, 1.807) is 26.0 Å². The van der Waals surface area contributed by atoms with E-state index in [1.165, 1.54) is 11.0 Å². The highest BCUT2D eigenvalue weighted by atomic mass is 19.1. The highest BCUT2D eigenvalue weighted by Gasteiger charge is 2.45. The molecule has 1 amide bonds. The van der Waals surface area contributed by atoms with Crippen molar-refractivity contribution in [3.8, 4) is 6.07 Å². The van der Waals surface area contributed by atoms with Gasteiger partial charge in [-0.15, -0.1) is 0 Å². The number of amides is 1. The molecule has 0 saturated carbocycles. The summed E-state index contributed by atoms with van der Waals surface area (Å²) in [6.45, 7) is 4.09. The molecule has 2 atom stereocenters. The average molecular weight is 276 g/mol.